The molecule has 1 amide bonds. The second-order valence-corrected chi connectivity index (χ2v) is 8.19. The van der Waals surface area contributed by atoms with Gasteiger partial charge in [0, 0.05) is 18.3 Å². The van der Waals surface area contributed by atoms with Gasteiger partial charge < -0.3 is 5.32 Å². The Morgan fingerprint density at radius 2 is 1.92 bits per heavy atom. The van der Waals surface area contributed by atoms with Gasteiger partial charge in [0.1, 0.15) is 0 Å². The van der Waals surface area contributed by atoms with Crippen molar-refractivity contribution in [2.75, 3.05) is 5.32 Å². The number of nitrogens with one attached hydrogen (secondary N) is 1. The van der Waals surface area contributed by atoms with Crippen LogP contribution >= 0.6 is 0 Å². The molecule has 1 N–H and O–H groups in total. The second kappa shape index (κ2) is 6.66. The van der Waals surface area contributed by atoms with Crippen molar-refractivity contribution in [3.8, 4) is 0 Å². The summed E-state index contributed by atoms with van der Waals surface area (Å²) in [4.78, 5) is 28.6. The first-order valence-corrected chi connectivity index (χ1v) is 9.16. The molecular formula is C20H28N2O2. The van der Waals surface area contributed by atoms with Crippen molar-refractivity contribution < 1.29 is 9.59 Å². The Morgan fingerprint density at radius 1 is 1.21 bits per heavy atom. The van der Waals surface area contributed by atoms with Crippen molar-refractivity contribution >= 4 is 17.4 Å². The molecule has 0 spiro atoms. The van der Waals surface area contributed by atoms with Crippen molar-refractivity contribution in [1.82, 2.24) is 4.98 Å². The zero-order valence-corrected chi connectivity index (χ0v) is 15.0. The fourth-order valence-corrected chi connectivity index (χ4v) is 4.94. The van der Waals surface area contributed by atoms with E-state index >= 15 is 0 Å². The molecule has 24 heavy (non-hydrogen) atoms. The number of carbonyl (C=O) groups excluding carboxylic acids is 2. The van der Waals surface area contributed by atoms with Gasteiger partial charge in [-0.1, -0.05) is 46.0 Å². The highest BCUT2D eigenvalue weighted by molar-refractivity contribution is 6.04. The third-order valence-corrected chi connectivity index (χ3v) is 6.03. The molecule has 2 aliphatic rings. The molecule has 1 heterocycles. The first-order chi connectivity index (χ1) is 11.4. The molecule has 2 atom stereocenters. The van der Waals surface area contributed by atoms with Crippen LogP contribution in [0, 0.1) is 23.2 Å². The number of amides is 1. The lowest BCUT2D eigenvalue weighted by molar-refractivity contribution is -0.139. The number of hydrogen-bond donors (Lipinski definition) is 1. The molecule has 4 heteroatoms. The summed E-state index contributed by atoms with van der Waals surface area (Å²) in [5.74, 6) is 1.19. The molecule has 0 radical (unpaired) electrons. The molecule has 1 aromatic rings. The summed E-state index contributed by atoms with van der Waals surface area (Å²) in [6.07, 6.45) is 10.5. The van der Waals surface area contributed by atoms with Crippen molar-refractivity contribution in [1.29, 1.82) is 0 Å². The Balaban J connectivity index is 1.74. The third kappa shape index (κ3) is 3.24. The lowest BCUT2D eigenvalue weighted by Gasteiger charge is -2.55. The number of aromatic nitrogens is 1. The molecule has 0 aliphatic heterocycles. The molecule has 0 saturated heterocycles. The lowest BCUT2D eigenvalue weighted by Crippen LogP contribution is -2.53. The molecule has 1 aromatic heterocycles. The van der Waals surface area contributed by atoms with E-state index in [2.05, 4.69) is 24.1 Å². The zero-order chi connectivity index (χ0) is 17.3. The van der Waals surface area contributed by atoms with Crippen molar-refractivity contribution in [3.63, 3.8) is 0 Å². The van der Waals surface area contributed by atoms with Gasteiger partial charge in [-0.2, -0.15) is 0 Å². The Morgan fingerprint density at radius 3 is 2.54 bits per heavy atom. The summed E-state index contributed by atoms with van der Waals surface area (Å²) in [6.45, 7) is 6.09. The number of hydrogen-bond acceptors (Lipinski definition) is 3. The summed E-state index contributed by atoms with van der Waals surface area (Å²) in [7, 11) is 0. The zero-order valence-electron chi connectivity index (χ0n) is 15.0. The first-order valence-electron chi connectivity index (χ1n) is 9.16. The van der Waals surface area contributed by atoms with Gasteiger partial charge in [-0.05, 0) is 36.7 Å². The normalized spacial score (nSPS) is 26.5. The number of Topliss-reactive ketones (excluding diaryl/α,β-unsaturated/α-hetero) is 1. The summed E-state index contributed by atoms with van der Waals surface area (Å²) in [5.41, 5.74) is 1.32. The third-order valence-electron chi connectivity index (χ3n) is 6.03. The highest BCUT2D eigenvalue weighted by Crippen LogP contribution is 2.57. The van der Waals surface area contributed by atoms with Crippen LogP contribution in [0.2, 0.25) is 0 Å². The first kappa shape index (κ1) is 17.1. The number of carbonyl (C=O) groups is 2. The minimum Gasteiger partial charge on any atom is -0.325 e. The van der Waals surface area contributed by atoms with Crippen molar-refractivity contribution in [3.05, 3.63) is 24.0 Å². The Hall–Kier alpha value is -1.71. The molecule has 0 bridgehead atoms. The molecule has 0 aromatic carbocycles. The summed E-state index contributed by atoms with van der Waals surface area (Å²) < 4.78 is 0. The maximum Gasteiger partial charge on any atom is 0.227 e. The van der Waals surface area contributed by atoms with Crippen LogP contribution in [0.5, 0.6) is 0 Å². The van der Waals surface area contributed by atoms with Gasteiger partial charge in [-0.3, -0.25) is 14.6 Å². The van der Waals surface area contributed by atoms with Gasteiger partial charge >= 0.3 is 0 Å². The van der Waals surface area contributed by atoms with Crippen molar-refractivity contribution in [2.24, 2.45) is 23.2 Å². The molecule has 3 rings (SSSR count). The fourth-order valence-electron chi connectivity index (χ4n) is 4.94. The lowest BCUT2D eigenvalue weighted by atomic mass is 9.49. The van der Waals surface area contributed by atoms with E-state index in [4.69, 9.17) is 0 Å². The molecule has 2 unspecified atom stereocenters. The van der Waals surface area contributed by atoms with E-state index in [9.17, 15) is 9.59 Å². The maximum atomic E-state index is 12.9. The van der Waals surface area contributed by atoms with Gasteiger partial charge in [0.15, 0.2) is 5.78 Å². The van der Waals surface area contributed by atoms with E-state index in [0.29, 0.717) is 23.1 Å². The van der Waals surface area contributed by atoms with Gasteiger partial charge in [0.25, 0.3) is 0 Å². The van der Waals surface area contributed by atoms with Crippen LogP contribution < -0.4 is 5.32 Å². The van der Waals surface area contributed by atoms with Crippen LogP contribution in [0.25, 0.3) is 0 Å². The van der Waals surface area contributed by atoms with Crippen LogP contribution in [-0.2, 0) is 4.79 Å². The minimum absolute atomic E-state index is 0.0658. The smallest absolute Gasteiger partial charge is 0.227 e. The van der Waals surface area contributed by atoms with E-state index in [-0.39, 0.29) is 23.0 Å². The number of anilines is 1. The monoisotopic (exact) mass is 328 g/mol. The van der Waals surface area contributed by atoms with E-state index < -0.39 is 0 Å². The van der Waals surface area contributed by atoms with Crippen LogP contribution in [0.3, 0.4) is 0 Å². The van der Waals surface area contributed by atoms with E-state index in [0.717, 1.165) is 6.42 Å². The maximum absolute atomic E-state index is 12.9. The summed E-state index contributed by atoms with van der Waals surface area (Å²) in [6, 6.07) is 1.72. The highest BCUT2D eigenvalue weighted by atomic mass is 16.2. The number of nitrogens with zero attached hydrogens (tertiary/aromatic N) is 1. The van der Waals surface area contributed by atoms with Crippen molar-refractivity contribution in [2.45, 2.75) is 59.3 Å². The summed E-state index contributed by atoms with van der Waals surface area (Å²) in [5, 5.41) is 3.00. The minimum atomic E-state index is -0.0730. The number of pyridine rings is 1. The average Bonchev–Trinajstić information content (AvgIpc) is 2.54. The quantitative estimate of drug-likeness (QED) is 0.830. The molecule has 4 nitrogen and oxygen atoms in total. The Labute approximate surface area is 144 Å². The number of ketones is 1. The predicted molar refractivity (Wildman–Crippen MR) is 94.8 cm³/mol. The van der Waals surface area contributed by atoms with E-state index in [1.807, 2.05) is 0 Å². The van der Waals surface area contributed by atoms with Crippen LogP contribution in [0.4, 0.5) is 5.69 Å². The average molecular weight is 328 g/mol. The Bertz CT molecular complexity index is 632. The second-order valence-electron chi connectivity index (χ2n) is 8.19. The molecule has 2 aliphatic carbocycles. The van der Waals surface area contributed by atoms with E-state index in [1.54, 1.807) is 12.3 Å². The van der Waals surface area contributed by atoms with E-state index in [1.165, 1.54) is 45.2 Å². The van der Waals surface area contributed by atoms with Crippen LogP contribution in [0.15, 0.2) is 18.5 Å². The highest BCUT2D eigenvalue weighted by Gasteiger charge is 2.53. The van der Waals surface area contributed by atoms with Gasteiger partial charge in [-0.15, -0.1) is 0 Å². The Kier molecular flexibility index (Phi) is 4.75. The largest absolute Gasteiger partial charge is 0.325 e. The fraction of sp³-hybridized carbons (Fsp3) is 0.650. The standard InChI is InChI=1S/C20H28N2O2/c1-13(23)16-12-21-10-9-17(16)22-19(24)15-11-20(2,3)18(15)14-7-5-4-6-8-14/h9-10,12,14-15,18H,4-8,11H2,1-3H3,(H,21,22,24). The predicted octanol–water partition coefficient (Wildman–Crippen LogP) is 4.47. The van der Waals surface area contributed by atoms with Gasteiger partial charge in [0.2, 0.25) is 5.91 Å². The van der Waals surface area contributed by atoms with Crippen LogP contribution in [-0.4, -0.2) is 16.7 Å². The molecule has 2 saturated carbocycles. The van der Waals surface area contributed by atoms with Gasteiger partial charge in [-0.25, -0.2) is 0 Å². The topological polar surface area (TPSA) is 59.1 Å². The molecule has 130 valence electrons. The summed E-state index contributed by atoms with van der Waals surface area (Å²) >= 11 is 0. The van der Waals surface area contributed by atoms with Crippen LogP contribution in [0.1, 0.15) is 69.7 Å². The van der Waals surface area contributed by atoms with Gasteiger partial charge in [0.05, 0.1) is 11.3 Å². The number of rotatable bonds is 4. The molecule has 2 fully saturated rings. The SMILES string of the molecule is CC(=O)c1cnccc1NC(=O)C1CC(C)(C)C1C1CCCCC1. The molecular weight excluding hydrogens is 300 g/mol.